The van der Waals surface area contributed by atoms with Crippen LogP contribution in [-0.4, -0.2) is 52.8 Å². The molecule has 0 atom stereocenters. The number of nitrogens with zero attached hydrogens (tertiary/aromatic N) is 3. The maximum absolute atomic E-state index is 14.5. The van der Waals surface area contributed by atoms with Gasteiger partial charge in [0.2, 0.25) is 0 Å². The minimum absolute atomic E-state index is 0.101. The number of hydrogen-bond donors (Lipinski definition) is 1. The molecule has 1 N–H and O–H groups in total. The SMILES string of the molecule is Cc1nn(C)cc1-c1cc(Cl)ccc1OCC1CN(C(=O)c2cc3c(cc2F)OCC(=O)N3)C1. The van der Waals surface area contributed by atoms with Crippen LogP contribution in [0.2, 0.25) is 5.02 Å². The van der Waals surface area contributed by atoms with Crippen LogP contribution in [0.1, 0.15) is 16.1 Å². The smallest absolute Gasteiger partial charge is 0.262 e. The second kappa shape index (κ2) is 8.64. The van der Waals surface area contributed by atoms with Gasteiger partial charge in [0.25, 0.3) is 11.8 Å². The summed E-state index contributed by atoms with van der Waals surface area (Å²) in [4.78, 5) is 25.9. The molecule has 10 heteroatoms. The summed E-state index contributed by atoms with van der Waals surface area (Å²) in [7, 11) is 1.86. The number of aromatic nitrogens is 2. The predicted molar refractivity (Wildman–Crippen MR) is 124 cm³/mol. The topological polar surface area (TPSA) is 85.7 Å². The van der Waals surface area contributed by atoms with E-state index in [1.54, 1.807) is 15.6 Å². The largest absolute Gasteiger partial charge is 0.493 e. The van der Waals surface area contributed by atoms with Gasteiger partial charge in [0, 0.05) is 54.5 Å². The summed E-state index contributed by atoms with van der Waals surface area (Å²) in [5.74, 6) is -0.465. The van der Waals surface area contributed by atoms with Crippen LogP contribution >= 0.6 is 11.6 Å². The van der Waals surface area contributed by atoms with Crippen LogP contribution < -0.4 is 14.8 Å². The minimum Gasteiger partial charge on any atom is -0.493 e. The van der Waals surface area contributed by atoms with E-state index in [2.05, 4.69) is 10.4 Å². The zero-order chi connectivity index (χ0) is 24.0. The third-order valence-electron chi connectivity index (χ3n) is 5.90. The standard InChI is InChI=1S/C24H22ClFN4O4/c1-13-18(10-29(2)28-13)16-5-15(25)3-4-21(16)33-11-14-8-30(9-14)24(32)17-6-20-22(7-19(17)26)34-12-23(31)27-20/h3-7,10,14H,8-9,11-12H2,1-2H3,(H,27,31). The number of rotatable bonds is 5. The average molecular weight is 485 g/mol. The highest BCUT2D eigenvalue weighted by Crippen LogP contribution is 2.35. The molecule has 8 nitrogen and oxygen atoms in total. The second-order valence-corrected chi connectivity index (χ2v) is 8.93. The minimum atomic E-state index is -0.683. The molecule has 2 aliphatic heterocycles. The third kappa shape index (κ3) is 4.19. The summed E-state index contributed by atoms with van der Waals surface area (Å²) in [6.07, 6.45) is 1.91. The van der Waals surface area contributed by atoms with Crippen molar-refractivity contribution < 1.29 is 23.5 Å². The molecule has 0 saturated carbocycles. The first kappa shape index (κ1) is 22.2. The van der Waals surface area contributed by atoms with Crippen molar-refractivity contribution in [2.75, 3.05) is 31.6 Å². The third-order valence-corrected chi connectivity index (χ3v) is 6.13. The van der Waals surface area contributed by atoms with Crippen LogP contribution in [-0.2, 0) is 11.8 Å². The number of nitrogens with one attached hydrogen (secondary N) is 1. The van der Waals surface area contributed by atoms with Gasteiger partial charge in [-0.05, 0) is 31.2 Å². The maximum Gasteiger partial charge on any atom is 0.262 e. The fourth-order valence-corrected chi connectivity index (χ4v) is 4.36. The molecule has 3 heterocycles. The Morgan fingerprint density at radius 1 is 1.29 bits per heavy atom. The normalized spacial score (nSPS) is 15.3. The Morgan fingerprint density at radius 3 is 2.82 bits per heavy atom. The Balaban J connectivity index is 1.24. The maximum atomic E-state index is 14.5. The molecule has 0 spiro atoms. The zero-order valence-electron chi connectivity index (χ0n) is 18.6. The summed E-state index contributed by atoms with van der Waals surface area (Å²) in [5, 5.41) is 7.58. The van der Waals surface area contributed by atoms with E-state index in [9.17, 15) is 14.0 Å². The first-order valence-electron chi connectivity index (χ1n) is 10.8. The summed E-state index contributed by atoms with van der Waals surface area (Å²) in [5.41, 5.74) is 2.84. The summed E-state index contributed by atoms with van der Waals surface area (Å²) in [6.45, 7) is 3.02. The van der Waals surface area contributed by atoms with Crippen LogP contribution in [0, 0.1) is 18.7 Å². The van der Waals surface area contributed by atoms with Crippen LogP contribution in [0.5, 0.6) is 11.5 Å². The van der Waals surface area contributed by atoms with Crippen LogP contribution in [0.25, 0.3) is 11.1 Å². The van der Waals surface area contributed by atoms with Gasteiger partial charge in [-0.3, -0.25) is 14.3 Å². The highest BCUT2D eigenvalue weighted by Gasteiger charge is 2.34. The molecular formula is C24H22ClFN4O4. The van der Waals surface area contributed by atoms with E-state index in [4.69, 9.17) is 21.1 Å². The van der Waals surface area contributed by atoms with Crippen molar-refractivity contribution in [1.82, 2.24) is 14.7 Å². The lowest BCUT2D eigenvalue weighted by Crippen LogP contribution is -2.52. The van der Waals surface area contributed by atoms with Gasteiger partial charge in [-0.15, -0.1) is 0 Å². The van der Waals surface area contributed by atoms with Crippen molar-refractivity contribution in [3.8, 4) is 22.6 Å². The van der Waals surface area contributed by atoms with E-state index in [1.807, 2.05) is 32.3 Å². The number of carbonyl (C=O) groups excluding carboxylic acids is 2. The van der Waals surface area contributed by atoms with Crippen LogP contribution in [0.15, 0.2) is 36.5 Å². The number of amides is 2. The number of halogens is 2. The van der Waals surface area contributed by atoms with E-state index in [-0.39, 0.29) is 29.7 Å². The van der Waals surface area contributed by atoms with Crippen molar-refractivity contribution in [1.29, 1.82) is 0 Å². The monoisotopic (exact) mass is 484 g/mol. The zero-order valence-corrected chi connectivity index (χ0v) is 19.4. The van der Waals surface area contributed by atoms with E-state index in [0.717, 1.165) is 22.9 Å². The molecule has 1 saturated heterocycles. The highest BCUT2D eigenvalue weighted by atomic mass is 35.5. The molecule has 34 heavy (non-hydrogen) atoms. The molecule has 0 aliphatic carbocycles. The van der Waals surface area contributed by atoms with Crippen LogP contribution in [0.4, 0.5) is 10.1 Å². The first-order valence-corrected chi connectivity index (χ1v) is 11.1. The van der Waals surface area contributed by atoms with Crippen molar-refractivity contribution >= 4 is 29.1 Å². The number of ether oxygens (including phenoxy) is 2. The molecule has 176 valence electrons. The summed E-state index contributed by atoms with van der Waals surface area (Å²) in [6, 6.07) is 7.89. The number of aryl methyl sites for hydroxylation is 2. The molecule has 0 bridgehead atoms. The molecule has 3 aromatic rings. The van der Waals surface area contributed by atoms with E-state index in [1.165, 1.54) is 6.07 Å². The number of fused-ring (bicyclic) bond motifs is 1. The van der Waals surface area contributed by atoms with Gasteiger partial charge in [-0.25, -0.2) is 4.39 Å². The van der Waals surface area contributed by atoms with Gasteiger partial charge in [-0.1, -0.05) is 11.6 Å². The number of anilines is 1. The fraction of sp³-hybridized carbons (Fsp3) is 0.292. The molecule has 2 amide bonds. The average Bonchev–Trinajstić information content (AvgIpc) is 3.10. The Hall–Kier alpha value is -3.59. The van der Waals surface area contributed by atoms with Gasteiger partial charge in [0.15, 0.2) is 6.61 Å². The molecule has 2 aromatic carbocycles. The molecule has 0 radical (unpaired) electrons. The Labute approximate surface area is 200 Å². The van der Waals surface area contributed by atoms with Gasteiger partial charge in [0.1, 0.15) is 17.3 Å². The number of benzene rings is 2. The van der Waals surface area contributed by atoms with Gasteiger partial charge < -0.3 is 19.7 Å². The highest BCUT2D eigenvalue weighted by molar-refractivity contribution is 6.31. The first-order chi connectivity index (χ1) is 16.3. The lowest BCUT2D eigenvalue weighted by molar-refractivity contribution is -0.118. The van der Waals surface area contributed by atoms with Gasteiger partial charge >= 0.3 is 0 Å². The molecule has 0 unspecified atom stereocenters. The molecule has 5 rings (SSSR count). The number of hydrogen-bond acceptors (Lipinski definition) is 5. The summed E-state index contributed by atoms with van der Waals surface area (Å²) < 4.78 is 27.5. The van der Waals surface area contributed by atoms with Crippen molar-refractivity contribution in [3.63, 3.8) is 0 Å². The van der Waals surface area contributed by atoms with Gasteiger partial charge in [0.05, 0.1) is 23.6 Å². The molecular weight excluding hydrogens is 463 g/mol. The van der Waals surface area contributed by atoms with Gasteiger partial charge in [-0.2, -0.15) is 5.10 Å². The predicted octanol–water partition coefficient (Wildman–Crippen LogP) is 3.67. The molecule has 1 fully saturated rings. The van der Waals surface area contributed by atoms with Crippen molar-refractivity contribution in [3.05, 3.63) is 58.6 Å². The summed E-state index contributed by atoms with van der Waals surface area (Å²) >= 11 is 6.22. The lowest BCUT2D eigenvalue weighted by Gasteiger charge is -2.39. The molecule has 2 aliphatic rings. The van der Waals surface area contributed by atoms with Crippen molar-refractivity contribution in [2.24, 2.45) is 13.0 Å². The van der Waals surface area contributed by atoms with Crippen molar-refractivity contribution in [2.45, 2.75) is 6.92 Å². The quantitative estimate of drug-likeness (QED) is 0.597. The van der Waals surface area contributed by atoms with E-state index < -0.39 is 11.7 Å². The fourth-order valence-electron chi connectivity index (χ4n) is 4.19. The Bertz CT molecular complexity index is 1300. The second-order valence-electron chi connectivity index (χ2n) is 8.49. The van der Waals surface area contributed by atoms with E-state index >= 15 is 0 Å². The Kier molecular flexibility index (Phi) is 5.65. The Morgan fingerprint density at radius 2 is 2.09 bits per heavy atom. The number of likely N-dealkylation sites (tertiary alicyclic amines) is 1. The number of carbonyl (C=O) groups is 2. The lowest BCUT2D eigenvalue weighted by atomic mass is 9.99. The molecule has 1 aromatic heterocycles. The van der Waals surface area contributed by atoms with Crippen LogP contribution in [0.3, 0.4) is 0 Å². The van der Waals surface area contributed by atoms with E-state index in [0.29, 0.717) is 36.2 Å².